The number of ether oxygens (including phenoxy) is 1. The van der Waals surface area contributed by atoms with Crippen molar-refractivity contribution in [3.8, 4) is 0 Å². The summed E-state index contributed by atoms with van der Waals surface area (Å²) < 4.78 is 5.63. The summed E-state index contributed by atoms with van der Waals surface area (Å²) in [6, 6.07) is 0. The van der Waals surface area contributed by atoms with E-state index in [1.807, 2.05) is 6.92 Å². The molecule has 2 rings (SSSR count). The van der Waals surface area contributed by atoms with Crippen LogP contribution < -0.4 is 10.6 Å². The van der Waals surface area contributed by atoms with Gasteiger partial charge in [-0.25, -0.2) is 0 Å². The molecule has 0 radical (unpaired) electrons. The van der Waals surface area contributed by atoms with Crippen molar-refractivity contribution in [2.75, 3.05) is 46.4 Å². The van der Waals surface area contributed by atoms with Gasteiger partial charge in [-0.2, -0.15) is 0 Å². The SMILES string of the molecule is CN1CCC(C)(CNC(=O)COC2(C)CNC2)CC1. The van der Waals surface area contributed by atoms with Gasteiger partial charge in [0.2, 0.25) is 5.91 Å². The van der Waals surface area contributed by atoms with Gasteiger partial charge in [-0.3, -0.25) is 4.79 Å². The Labute approximate surface area is 116 Å². The highest BCUT2D eigenvalue weighted by atomic mass is 16.5. The summed E-state index contributed by atoms with van der Waals surface area (Å²) in [5, 5.41) is 6.18. The lowest BCUT2D eigenvalue weighted by Crippen LogP contribution is -2.59. The molecule has 2 fully saturated rings. The number of amides is 1. The van der Waals surface area contributed by atoms with Crippen LogP contribution in [0.25, 0.3) is 0 Å². The molecule has 1 amide bonds. The van der Waals surface area contributed by atoms with Gasteiger partial charge in [0.05, 0.1) is 5.60 Å². The van der Waals surface area contributed by atoms with Crippen LogP contribution in [0.5, 0.6) is 0 Å². The Balaban J connectivity index is 1.65. The first-order valence-corrected chi connectivity index (χ1v) is 7.21. The average molecular weight is 269 g/mol. The minimum atomic E-state index is -0.144. The Hall–Kier alpha value is -0.650. The van der Waals surface area contributed by atoms with E-state index in [1.165, 1.54) is 0 Å². The summed E-state index contributed by atoms with van der Waals surface area (Å²) in [5.41, 5.74) is 0.0961. The number of piperidine rings is 1. The third-order valence-corrected chi connectivity index (χ3v) is 4.46. The summed E-state index contributed by atoms with van der Waals surface area (Å²) in [5.74, 6) is 0.00766. The topological polar surface area (TPSA) is 53.6 Å². The third kappa shape index (κ3) is 4.16. The average Bonchev–Trinajstić information content (AvgIpc) is 2.36. The smallest absolute Gasteiger partial charge is 0.246 e. The number of rotatable bonds is 5. The van der Waals surface area contributed by atoms with Gasteiger partial charge in [-0.05, 0) is 45.3 Å². The number of carbonyl (C=O) groups excluding carboxylic acids is 1. The van der Waals surface area contributed by atoms with Crippen molar-refractivity contribution in [3.05, 3.63) is 0 Å². The molecule has 0 aliphatic carbocycles. The van der Waals surface area contributed by atoms with Crippen molar-refractivity contribution in [3.63, 3.8) is 0 Å². The predicted molar refractivity (Wildman–Crippen MR) is 75.1 cm³/mol. The van der Waals surface area contributed by atoms with Crippen LogP contribution in [0.4, 0.5) is 0 Å². The number of hydrogen-bond donors (Lipinski definition) is 2. The maximum atomic E-state index is 11.8. The first-order valence-electron chi connectivity index (χ1n) is 7.21. The molecule has 0 aromatic rings. The number of nitrogens with one attached hydrogen (secondary N) is 2. The van der Waals surface area contributed by atoms with Gasteiger partial charge in [0.15, 0.2) is 0 Å². The van der Waals surface area contributed by atoms with E-state index in [0.29, 0.717) is 0 Å². The number of hydrogen-bond acceptors (Lipinski definition) is 4. The molecule has 2 aliphatic heterocycles. The van der Waals surface area contributed by atoms with E-state index in [2.05, 4.69) is 29.5 Å². The van der Waals surface area contributed by atoms with Crippen LogP contribution in [0.3, 0.4) is 0 Å². The minimum Gasteiger partial charge on any atom is -0.363 e. The van der Waals surface area contributed by atoms with Gasteiger partial charge in [-0.1, -0.05) is 6.92 Å². The van der Waals surface area contributed by atoms with Crippen LogP contribution in [-0.4, -0.2) is 62.8 Å². The van der Waals surface area contributed by atoms with E-state index >= 15 is 0 Å². The summed E-state index contributed by atoms with van der Waals surface area (Å²) >= 11 is 0. The third-order valence-electron chi connectivity index (χ3n) is 4.46. The fourth-order valence-electron chi connectivity index (χ4n) is 2.52. The van der Waals surface area contributed by atoms with Gasteiger partial charge >= 0.3 is 0 Å². The van der Waals surface area contributed by atoms with E-state index in [-0.39, 0.29) is 23.5 Å². The summed E-state index contributed by atoms with van der Waals surface area (Å²) in [4.78, 5) is 14.2. The normalized spacial score (nSPS) is 25.6. The van der Waals surface area contributed by atoms with E-state index in [9.17, 15) is 4.79 Å². The molecule has 5 heteroatoms. The van der Waals surface area contributed by atoms with Crippen molar-refractivity contribution < 1.29 is 9.53 Å². The Morgan fingerprint density at radius 1 is 1.32 bits per heavy atom. The highest BCUT2D eigenvalue weighted by Gasteiger charge is 2.33. The quantitative estimate of drug-likeness (QED) is 0.749. The zero-order valence-electron chi connectivity index (χ0n) is 12.4. The Morgan fingerprint density at radius 2 is 1.95 bits per heavy atom. The molecule has 0 spiro atoms. The standard InChI is InChI=1S/C14H27N3O2/c1-13(4-6-17(3)7-5-13)9-16-12(18)8-19-14(2)10-15-11-14/h15H,4-11H2,1-3H3,(H,16,18). The monoisotopic (exact) mass is 269 g/mol. The van der Waals surface area contributed by atoms with Gasteiger partial charge in [0, 0.05) is 19.6 Å². The fraction of sp³-hybridized carbons (Fsp3) is 0.929. The van der Waals surface area contributed by atoms with Crippen LogP contribution >= 0.6 is 0 Å². The molecule has 0 saturated carbocycles. The fourth-order valence-corrected chi connectivity index (χ4v) is 2.52. The molecule has 0 aromatic carbocycles. The lowest BCUT2D eigenvalue weighted by molar-refractivity contribution is -0.136. The number of carbonyl (C=O) groups is 1. The highest BCUT2D eigenvalue weighted by Crippen LogP contribution is 2.29. The predicted octanol–water partition coefficient (Wildman–Crippen LogP) is 0.213. The van der Waals surface area contributed by atoms with Gasteiger partial charge in [0.1, 0.15) is 6.61 Å². The molecule has 19 heavy (non-hydrogen) atoms. The molecule has 0 aromatic heterocycles. The van der Waals surface area contributed by atoms with Crippen molar-refractivity contribution in [1.29, 1.82) is 0 Å². The largest absolute Gasteiger partial charge is 0.363 e. The Kier molecular flexibility index (Phi) is 4.48. The molecule has 0 atom stereocenters. The Bertz CT molecular complexity index is 321. The molecule has 0 bridgehead atoms. The molecule has 2 aliphatic rings. The molecule has 5 nitrogen and oxygen atoms in total. The second kappa shape index (κ2) is 5.77. The molecule has 2 saturated heterocycles. The molecular weight excluding hydrogens is 242 g/mol. The lowest BCUT2D eigenvalue weighted by atomic mass is 9.80. The first-order chi connectivity index (χ1) is 8.91. The van der Waals surface area contributed by atoms with E-state index < -0.39 is 0 Å². The van der Waals surface area contributed by atoms with Gasteiger partial charge in [0.25, 0.3) is 0 Å². The van der Waals surface area contributed by atoms with Crippen molar-refractivity contribution in [1.82, 2.24) is 15.5 Å². The van der Waals surface area contributed by atoms with Gasteiger partial charge in [-0.15, -0.1) is 0 Å². The molecule has 0 unspecified atom stereocenters. The second-order valence-corrected chi connectivity index (χ2v) is 6.73. The van der Waals surface area contributed by atoms with E-state index in [0.717, 1.165) is 45.6 Å². The van der Waals surface area contributed by atoms with Crippen molar-refractivity contribution in [2.45, 2.75) is 32.3 Å². The van der Waals surface area contributed by atoms with Crippen LogP contribution in [0.2, 0.25) is 0 Å². The number of nitrogens with zero attached hydrogens (tertiary/aromatic N) is 1. The summed E-state index contributed by atoms with van der Waals surface area (Å²) in [7, 11) is 2.15. The van der Waals surface area contributed by atoms with Crippen molar-refractivity contribution in [2.24, 2.45) is 5.41 Å². The van der Waals surface area contributed by atoms with Crippen LogP contribution in [0.15, 0.2) is 0 Å². The molecular formula is C14H27N3O2. The second-order valence-electron chi connectivity index (χ2n) is 6.73. The van der Waals surface area contributed by atoms with Crippen LogP contribution in [0, 0.1) is 5.41 Å². The van der Waals surface area contributed by atoms with Gasteiger partial charge < -0.3 is 20.3 Å². The molecule has 110 valence electrons. The lowest BCUT2D eigenvalue weighted by Gasteiger charge is -2.39. The zero-order chi connectivity index (χ0) is 13.9. The first kappa shape index (κ1) is 14.8. The van der Waals surface area contributed by atoms with E-state index in [4.69, 9.17) is 4.74 Å². The maximum Gasteiger partial charge on any atom is 0.246 e. The van der Waals surface area contributed by atoms with Crippen LogP contribution in [0.1, 0.15) is 26.7 Å². The zero-order valence-corrected chi connectivity index (χ0v) is 12.4. The minimum absolute atomic E-state index is 0.00766. The van der Waals surface area contributed by atoms with Crippen LogP contribution in [-0.2, 0) is 9.53 Å². The Morgan fingerprint density at radius 3 is 2.47 bits per heavy atom. The van der Waals surface area contributed by atoms with E-state index in [1.54, 1.807) is 0 Å². The number of likely N-dealkylation sites (tertiary alicyclic amines) is 1. The molecule has 2 heterocycles. The highest BCUT2D eigenvalue weighted by molar-refractivity contribution is 5.77. The maximum absolute atomic E-state index is 11.8. The molecule has 2 N–H and O–H groups in total. The summed E-state index contributed by atoms with van der Waals surface area (Å²) in [6.07, 6.45) is 2.29. The summed E-state index contributed by atoms with van der Waals surface area (Å²) in [6.45, 7) is 9.15. The van der Waals surface area contributed by atoms with Crippen molar-refractivity contribution >= 4 is 5.91 Å².